The summed E-state index contributed by atoms with van der Waals surface area (Å²) < 4.78 is 48.7. The van der Waals surface area contributed by atoms with Gasteiger partial charge in [0.25, 0.3) is 0 Å². The van der Waals surface area contributed by atoms with Crippen LogP contribution < -0.4 is 5.32 Å². The molecule has 3 nitrogen and oxygen atoms in total. The Bertz CT molecular complexity index is 517. The molecule has 1 aromatic rings. The van der Waals surface area contributed by atoms with E-state index in [1.54, 1.807) is 0 Å². The molecule has 0 saturated carbocycles. The van der Waals surface area contributed by atoms with Gasteiger partial charge in [0.15, 0.2) is 0 Å². The van der Waals surface area contributed by atoms with Gasteiger partial charge in [0.1, 0.15) is 21.5 Å². The maximum absolute atomic E-state index is 13.3. The van der Waals surface area contributed by atoms with Crippen LogP contribution in [-0.2, 0) is 16.4 Å². The second-order valence-electron chi connectivity index (χ2n) is 4.54. The molecule has 0 radical (unpaired) electrons. The molecule has 0 bridgehead atoms. The number of benzene rings is 1. The number of halogens is 2. The monoisotopic (exact) mass is 275 g/mol. The van der Waals surface area contributed by atoms with Crippen LogP contribution in [0.4, 0.5) is 8.78 Å². The lowest BCUT2D eigenvalue weighted by molar-refractivity contribution is 0.455. The van der Waals surface area contributed by atoms with Crippen molar-refractivity contribution in [2.24, 2.45) is 0 Å². The lowest BCUT2D eigenvalue weighted by atomic mass is 10.1. The number of hydrogen-bond acceptors (Lipinski definition) is 3. The third-order valence-corrected chi connectivity index (χ3v) is 4.86. The Hall–Kier alpha value is -1.01. The molecule has 0 amide bonds. The number of rotatable bonds is 3. The van der Waals surface area contributed by atoms with Gasteiger partial charge in [-0.3, -0.25) is 0 Å². The van der Waals surface area contributed by atoms with Gasteiger partial charge >= 0.3 is 0 Å². The Kier molecular flexibility index (Phi) is 3.97. The van der Waals surface area contributed by atoms with Crippen molar-refractivity contribution >= 4 is 9.84 Å². The van der Waals surface area contributed by atoms with E-state index in [0.29, 0.717) is 12.8 Å². The first-order chi connectivity index (χ1) is 8.46. The van der Waals surface area contributed by atoms with E-state index in [4.69, 9.17) is 0 Å². The van der Waals surface area contributed by atoms with Crippen LogP contribution in [-0.4, -0.2) is 26.0 Å². The standard InChI is InChI=1S/C12H15F2NO2S/c13-10-1-2-12(14)9(7-10)8-15-11-3-5-18(16,17)6-4-11/h1-2,7,11,15H,3-6,8H2. The fraction of sp³-hybridized carbons (Fsp3) is 0.500. The maximum atomic E-state index is 13.3. The molecule has 0 spiro atoms. The largest absolute Gasteiger partial charge is 0.310 e. The molecular formula is C12H15F2NO2S. The predicted octanol–water partition coefficient (Wildman–Crippen LogP) is 1.63. The van der Waals surface area contributed by atoms with E-state index in [9.17, 15) is 17.2 Å². The SMILES string of the molecule is O=S1(=O)CCC(NCc2cc(F)ccc2F)CC1. The van der Waals surface area contributed by atoms with E-state index in [-0.39, 0.29) is 29.7 Å². The average molecular weight is 275 g/mol. The maximum Gasteiger partial charge on any atom is 0.150 e. The molecule has 1 aromatic carbocycles. The average Bonchev–Trinajstić information content (AvgIpc) is 2.32. The van der Waals surface area contributed by atoms with Crippen molar-refractivity contribution in [3.8, 4) is 0 Å². The fourth-order valence-corrected chi connectivity index (χ4v) is 3.52. The van der Waals surface area contributed by atoms with Crippen LogP contribution in [0.1, 0.15) is 18.4 Å². The topological polar surface area (TPSA) is 46.2 Å². The smallest absolute Gasteiger partial charge is 0.150 e. The Labute approximate surface area is 105 Å². The summed E-state index contributed by atoms with van der Waals surface area (Å²) in [5, 5.41) is 3.07. The van der Waals surface area contributed by atoms with Crippen LogP contribution >= 0.6 is 0 Å². The van der Waals surface area contributed by atoms with E-state index in [1.807, 2.05) is 0 Å². The summed E-state index contributed by atoms with van der Waals surface area (Å²) in [4.78, 5) is 0. The zero-order chi connectivity index (χ0) is 13.2. The van der Waals surface area contributed by atoms with Gasteiger partial charge in [0.2, 0.25) is 0 Å². The zero-order valence-electron chi connectivity index (χ0n) is 9.83. The molecule has 0 atom stereocenters. The van der Waals surface area contributed by atoms with Gasteiger partial charge in [-0.2, -0.15) is 0 Å². The third-order valence-electron chi connectivity index (χ3n) is 3.14. The second-order valence-corrected chi connectivity index (χ2v) is 6.85. The first-order valence-corrected chi connectivity index (χ1v) is 7.66. The van der Waals surface area contributed by atoms with Crippen LogP contribution in [0.3, 0.4) is 0 Å². The second kappa shape index (κ2) is 5.32. The Morgan fingerprint density at radius 3 is 2.56 bits per heavy atom. The van der Waals surface area contributed by atoms with Crippen LogP contribution in [0.5, 0.6) is 0 Å². The highest BCUT2D eigenvalue weighted by molar-refractivity contribution is 7.91. The summed E-state index contributed by atoms with van der Waals surface area (Å²) in [5.41, 5.74) is 0.267. The summed E-state index contributed by atoms with van der Waals surface area (Å²) in [6, 6.07) is 3.38. The minimum absolute atomic E-state index is 0.0520. The lowest BCUT2D eigenvalue weighted by Crippen LogP contribution is -2.37. The lowest BCUT2D eigenvalue weighted by Gasteiger charge is -2.23. The molecule has 1 aliphatic rings. The Morgan fingerprint density at radius 2 is 1.89 bits per heavy atom. The summed E-state index contributed by atoms with van der Waals surface area (Å²) in [6.07, 6.45) is 1.05. The molecule has 1 N–H and O–H groups in total. The molecule has 1 aliphatic heterocycles. The summed E-state index contributed by atoms with van der Waals surface area (Å²) in [6.45, 7) is 0.217. The minimum atomic E-state index is -2.89. The van der Waals surface area contributed by atoms with Crippen LogP contribution in [0.2, 0.25) is 0 Å². The Balaban J connectivity index is 1.90. The van der Waals surface area contributed by atoms with Gasteiger partial charge in [-0.25, -0.2) is 17.2 Å². The molecule has 0 aromatic heterocycles. The molecule has 18 heavy (non-hydrogen) atoms. The number of nitrogens with one attached hydrogen (secondary N) is 1. The third kappa shape index (κ3) is 3.49. The quantitative estimate of drug-likeness (QED) is 0.912. The van der Waals surface area contributed by atoms with Crippen LogP contribution in [0.15, 0.2) is 18.2 Å². The van der Waals surface area contributed by atoms with Crippen LogP contribution in [0.25, 0.3) is 0 Å². The fourth-order valence-electron chi connectivity index (χ4n) is 2.03. The van der Waals surface area contributed by atoms with Crippen LogP contribution in [0, 0.1) is 11.6 Å². The van der Waals surface area contributed by atoms with E-state index in [0.717, 1.165) is 18.2 Å². The van der Waals surface area contributed by atoms with Gasteiger partial charge in [-0.15, -0.1) is 0 Å². The molecule has 2 rings (SSSR count). The van der Waals surface area contributed by atoms with Gasteiger partial charge in [-0.05, 0) is 31.0 Å². The zero-order valence-corrected chi connectivity index (χ0v) is 10.6. The van der Waals surface area contributed by atoms with Crippen molar-refractivity contribution in [3.63, 3.8) is 0 Å². The van der Waals surface area contributed by atoms with Gasteiger partial charge < -0.3 is 5.32 Å². The van der Waals surface area contributed by atoms with Gasteiger partial charge in [0, 0.05) is 18.2 Å². The number of hydrogen-bond donors (Lipinski definition) is 1. The van der Waals surface area contributed by atoms with E-state index in [2.05, 4.69) is 5.32 Å². The summed E-state index contributed by atoms with van der Waals surface area (Å²) >= 11 is 0. The van der Waals surface area contributed by atoms with Gasteiger partial charge in [-0.1, -0.05) is 0 Å². The number of sulfone groups is 1. The molecule has 1 saturated heterocycles. The van der Waals surface area contributed by atoms with Crippen molar-refractivity contribution in [1.29, 1.82) is 0 Å². The minimum Gasteiger partial charge on any atom is -0.310 e. The summed E-state index contributed by atoms with van der Waals surface area (Å²) in [7, 11) is -2.89. The normalized spacial score (nSPS) is 19.9. The molecular weight excluding hydrogens is 260 g/mol. The molecule has 100 valence electrons. The van der Waals surface area contributed by atoms with E-state index in [1.165, 1.54) is 0 Å². The van der Waals surface area contributed by atoms with Crippen molar-refractivity contribution in [2.75, 3.05) is 11.5 Å². The highest BCUT2D eigenvalue weighted by Gasteiger charge is 2.23. The van der Waals surface area contributed by atoms with Crippen molar-refractivity contribution in [1.82, 2.24) is 5.32 Å². The predicted molar refractivity (Wildman–Crippen MR) is 64.9 cm³/mol. The van der Waals surface area contributed by atoms with Gasteiger partial charge in [0.05, 0.1) is 11.5 Å². The van der Waals surface area contributed by atoms with Crippen molar-refractivity contribution in [3.05, 3.63) is 35.4 Å². The molecule has 0 aliphatic carbocycles. The summed E-state index contributed by atoms with van der Waals surface area (Å²) in [5.74, 6) is -0.598. The first-order valence-electron chi connectivity index (χ1n) is 5.84. The first kappa shape index (κ1) is 13.4. The molecule has 1 fully saturated rings. The highest BCUT2D eigenvalue weighted by atomic mass is 32.2. The highest BCUT2D eigenvalue weighted by Crippen LogP contribution is 2.14. The Morgan fingerprint density at radius 1 is 1.22 bits per heavy atom. The molecule has 1 heterocycles. The molecule has 6 heteroatoms. The van der Waals surface area contributed by atoms with Crippen molar-refractivity contribution < 1.29 is 17.2 Å². The van der Waals surface area contributed by atoms with Crippen molar-refractivity contribution in [2.45, 2.75) is 25.4 Å². The molecule has 0 unspecified atom stereocenters. The van der Waals surface area contributed by atoms with E-state index >= 15 is 0 Å². The van der Waals surface area contributed by atoms with E-state index < -0.39 is 21.5 Å².